The van der Waals surface area contributed by atoms with Gasteiger partial charge >= 0.3 is 0 Å². The number of ether oxygens (including phenoxy) is 2. The van der Waals surface area contributed by atoms with Gasteiger partial charge in [-0.3, -0.25) is 0 Å². The standard InChI is InChI=1S/C36H51FO2/c1-3-5-24-39-34-21-16-29(17-22-34)26-6-8-30(9-7-26)32-18-23-35(36(37)25-32)31-12-10-27(11-13-31)28-14-19-33(20-15-28)38-4-2/h10-13,18,23,25-26,28-30,33-34H,3-9,14-17,19-22,24H2,1-2H3. The zero-order valence-corrected chi connectivity index (χ0v) is 24.5. The van der Waals surface area contributed by atoms with Crippen molar-refractivity contribution in [2.45, 2.75) is 128 Å². The molecule has 5 rings (SSSR count). The van der Waals surface area contributed by atoms with E-state index in [0.29, 0.717) is 24.0 Å². The summed E-state index contributed by atoms with van der Waals surface area (Å²) in [6.45, 7) is 6.06. The lowest BCUT2D eigenvalue weighted by Gasteiger charge is -2.38. The van der Waals surface area contributed by atoms with Gasteiger partial charge in [0.1, 0.15) is 5.82 Å². The van der Waals surface area contributed by atoms with Crippen LogP contribution >= 0.6 is 0 Å². The molecule has 0 aromatic heterocycles. The van der Waals surface area contributed by atoms with Crippen molar-refractivity contribution in [3.8, 4) is 11.1 Å². The maximum absolute atomic E-state index is 15.4. The fourth-order valence-corrected chi connectivity index (χ4v) is 7.80. The van der Waals surface area contributed by atoms with Crippen LogP contribution in [-0.4, -0.2) is 25.4 Å². The quantitative estimate of drug-likeness (QED) is 0.282. The van der Waals surface area contributed by atoms with E-state index in [0.717, 1.165) is 49.0 Å². The molecule has 2 aromatic carbocycles. The minimum atomic E-state index is -0.0685. The molecular formula is C36H51FO2. The van der Waals surface area contributed by atoms with Crippen LogP contribution in [0.3, 0.4) is 0 Å². The van der Waals surface area contributed by atoms with Crippen molar-refractivity contribution in [2.75, 3.05) is 13.2 Å². The molecule has 3 aliphatic rings. The molecule has 2 aromatic rings. The SMILES string of the molecule is CCCCOC1CCC(C2CCC(c3ccc(-c4ccc(C5CCC(OCC)CC5)cc4)c(F)c3)CC2)CC1. The summed E-state index contributed by atoms with van der Waals surface area (Å²) in [5, 5.41) is 0. The molecule has 39 heavy (non-hydrogen) atoms. The summed E-state index contributed by atoms with van der Waals surface area (Å²) >= 11 is 0. The average molecular weight is 535 g/mol. The van der Waals surface area contributed by atoms with Crippen LogP contribution in [0.5, 0.6) is 0 Å². The van der Waals surface area contributed by atoms with E-state index in [1.54, 1.807) is 0 Å². The Morgan fingerprint density at radius 2 is 1.18 bits per heavy atom. The summed E-state index contributed by atoms with van der Waals surface area (Å²) in [6.07, 6.45) is 18.2. The molecule has 2 nitrogen and oxygen atoms in total. The number of unbranched alkanes of at least 4 members (excludes halogenated alkanes) is 1. The highest BCUT2D eigenvalue weighted by Gasteiger charge is 2.32. The third kappa shape index (κ3) is 7.53. The minimum Gasteiger partial charge on any atom is -0.379 e. The maximum Gasteiger partial charge on any atom is 0.131 e. The Morgan fingerprint density at radius 1 is 0.641 bits per heavy atom. The van der Waals surface area contributed by atoms with Crippen LogP contribution in [0.4, 0.5) is 4.39 Å². The molecule has 0 aliphatic heterocycles. The van der Waals surface area contributed by atoms with Crippen molar-refractivity contribution in [3.05, 3.63) is 59.4 Å². The number of halogens is 1. The second-order valence-electron chi connectivity index (χ2n) is 12.7. The van der Waals surface area contributed by atoms with E-state index < -0.39 is 0 Å². The molecule has 0 spiro atoms. The van der Waals surface area contributed by atoms with E-state index in [2.05, 4.69) is 44.2 Å². The Morgan fingerprint density at radius 3 is 1.79 bits per heavy atom. The first-order chi connectivity index (χ1) is 19.1. The van der Waals surface area contributed by atoms with E-state index in [-0.39, 0.29) is 5.82 Å². The summed E-state index contributed by atoms with van der Waals surface area (Å²) in [5.74, 6) is 2.77. The molecule has 0 saturated heterocycles. The lowest BCUT2D eigenvalue weighted by Crippen LogP contribution is -2.28. The molecule has 0 radical (unpaired) electrons. The molecule has 0 N–H and O–H groups in total. The highest BCUT2D eigenvalue weighted by molar-refractivity contribution is 5.65. The highest BCUT2D eigenvalue weighted by atomic mass is 19.1. The third-order valence-corrected chi connectivity index (χ3v) is 10.2. The van der Waals surface area contributed by atoms with Crippen molar-refractivity contribution in [1.82, 2.24) is 0 Å². The van der Waals surface area contributed by atoms with E-state index in [1.165, 1.54) is 88.2 Å². The summed E-state index contributed by atoms with van der Waals surface area (Å²) in [7, 11) is 0. The smallest absolute Gasteiger partial charge is 0.131 e. The first-order valence-corrected chi connectivity index (χ1v) is 16.3. The molecule has 3 aliphatic carbocycles. The van der Waals surface area contributed by atoms with Crippen LogP contribution in [0.2, 0.25) is 0 Å². The van der Waals surface area contributed by atoms with Gasteiger partial charge in [0.05, 0.1) is 12.2 Å². The van der Waals surface area contributed by atoms with Crippen molar-refractivity contribution >= 4 is 0 Å². The Bertz CT molecular complexity index is 993. The van der Waals surface area contributed by atoms with Gasteiger partial charge in [-0.25, -0.2) is 4.39 Å². The second kappa shape index (κ2) is 14.3. The van der Waals surface area contributed by atoms with Gasteiger partial charge in [0, 0.05) is 18.8 Å². The van der Waals surface area contributed by atoms with Crippen molar-refractivity contribution in [1.29, 1.82) is 0 Å². The monoisotopic (exact) mass is 534 g/mol. The van der Waals surface area contributed by atoms with Crippen LogP contribution in [0, 0.1) is 17.7 Å². The number of hydrogen-bond donors (Lipinski definition) is 0. The van der Waals surface area contributed by atoms with Crippen LogP contribution in [0.1, 0.15) is 127 Å². The Balaban J connectivity index is 1.11. The highest BCUT2D eigenvalue weighted by Crippen LogP contribution is 2.44. The van der Waals surface area contributed by atoms with Crippen LogP contribution in [-0.2, 0) is 9.47 Å². The van der Waals surface area contributed by atoms with Gasteiger partial charge in [-0.1, -0.05) is 49.7 Å². The van der Waals surface area contributed by atoms with Crippen molar-refractivity contribution in [2.24, 2.45) is 11.8 Å². The predicted octanol–water partition coefficient (Wildman–Crippen LogP) is 10.2. The third-order valence-electron chi connectivity index (χ3n) is 10.2. The number of hydrogen-bond acceptors (Lipinski definition) is 2. The van der Waals surface area contributed by atoms with Gasteiger partial charge in [0.15, 0.2) is 0 Å². The summed E-state index contributed by atoms with van der Waals surface area (Å²) in [4.78, 5) is 0. The van der Waals surface area contributed by atoms with Gasteiger partial charge in [0.25, 0.3) is 0 Å². The molecule has 3 heteroatoms. The molecule has 0 bridgehead atoms. The Labute approximate surface area is 237 Å². The Hall–Kier alpha value is -1.71. The lowest BCUT2D eigenvalue weighted by molar-refractivity contribution is 0.00675. The summed E-state index contributed by atoms with van der Waals surface area (Å²) in [6, 6.07) is 14.8. The van der Waals surface area contributed by atoms with Gasteiger partial charge in [-0.05, 0) is 137 Å². The van der Waals surface area contributed by atoms with Crippen molar-refractivity contribution < 1.29 is 13.9 Å². The zero-order valence-electron chi connectivity index (χ0n) is 24.5. The number of rotatable bonds is 10. The Kier molecular flexibility index (Phi) is 10.5. The fourth-order valence-electron chi connectivity index (χ4n) is 7.80. The molecule has 0 amide bonds. The number of benzene rings is 2. The van der Waals surface area contributed by atoms with E-state index in [9.17, 15) is 0 Å². The molecule has 0 atom stereocenters. The van der Waals surface area contributed by atoms with Gasteiger partial charge in [0.2, 0.25) is 0 Å². The first-order valence-electron chi connectivity index (χ1n) is 16.3. The second-order valence-corrected chi connectivity index (χ2v) is 12.7. The topological polar surface area (TPSA) is 18.5 Å². The molecule has 214 valence electrons. The minimum absolute atomic E-state index is 0.0685. The molecule has 0 heterocycles. The van der Waals surface area contributed by atoms with Gasteiger partial charge in [-0.15, -0.1) is 0 Å². The predicted molar refractivity (Wildman–Crippen MR) is 160 cm³/mol. The fraction of sp³-hybridized carbons (Fsp3) is 0.667. The van der Waals surface area contributed by atoms with E-state index >= 15 is 4.39 Å². The van der Waals surface area contributed by atoms with Crippen LogP contribution < -0.4 is 0 Å². The van der Waals surface area contributed by atoms with Gasteiger partial charge in [-0.2, -0.15) is 0 Å². The van der Waals surface area contributed by atoms with Crippen LogP contribution in [0.25, 0.3) is 11.1 Å². The summed E-state index contributed by atoms with van der Waals surface area (Å²) in [5.41, 5.74) is 4.31. The van der Waals surface area contributed by atoms with E-state index in [4.69, 9.17) is 9.47 Å². The summed E-state index contributed by atoms with van der Waals surface area (Å²) < 4.78 is 27.3. The largest absolute Gasteiger partial charge is 0.379 e. The van der Waals surface area contributed by atoms with Gasteiger partial charge < -0.3 is 9.47 Å². The first kappa shape index (κ1) is 28.8. The van der Waals surface area contributed by atoms with E-state index in [1.807, 2.05) is 12.1 Å². The zero-order chi connectivity index (χ0) is 27.0. The molecule has 3 saturated carbocycles. The van der Waals surface area contributed by atoms with Crippen molar-refractivity contribution in [3.63, 3.8) is 0 Å². The molecule has 0 unspecified atom stereocenters. The molecule has 3 fully saturated rings. The normalized spacial score (nSPS) is 29.8. The maximum atomic E-state index is 15.4. The lowest BCUT2D eigenvalue weighted by atomic mass is 9.69. The van der Waals surface area contributed by atoms with Crippen LogP contribution in [0.15, 0.2) is 42.5 Å². The average Bonchev–Trinajstić information content (AvgIpc) is 2.98. The molecular weight excluding hydrogens is 483 g/mol.